The van der Waals surface area contributed by atoms with Crippen LogP contribution in [-0.4, -0.2) is 26.6 Å². The molecule has 1 atom stereocenters. The van der Waals surface area contributed by atoms with Gasteiger partial charge in [-0.1, -0.05) is 0 Å². The summed E-state index contributed by atoms with van der Waals surface area (Å²) < 4.78 is 30.8. The van der Waals surface area contributed by atoms with E-state index in [-0.39, 0.29) is 4.90 Å². The van der Waals surface area contributed by atoms with Crippen LogP contribution in [0.25, 0.3) is 0 Å². The molecule has 0 saturated carbocycles. The number of nitrogens with zero attached hydrogens (tertiary/aromatic N) is 2. The van der Waals surface area contributed by atoms with Gasteiger partial charge in [0, 0.05) is 25.2 Å². The molecule has 9 nitrogen and oxygen atoms in total. The summed E-state index contributed by atoms with van der Waals surface area (Å²) in [5, 5.41) is 7.07. The molecule has 160 valence electrons. The van der Waals surface area contributed by atoms with Crippen LogP contribution in [0.3, 0.4) is 0 Å². The van der Waals surface area contributed by atoms with Gasteiger partial charge >= 0.3 is 6.03 Å². The average molecular weight is 431 g/mol. The van der Waals surface area contributed by atoms with Crippen LogP contribution in [0.1, 0.15) is 47.1 Å². The minimum absolute atomic E-state index is 0.103. The van der Waals surface area contributed by atoms with Crippen molar-refractivity contribution >= 4 is 21.6 Å². The van der Waals surface area contributed by atoms with Gasteiger partial charge in [0.25, 0.3) is 0 Å². The Morgan fingerprint density at radius 3 is 2.50 bits per heavy atom. The second-order valence-corrected chi connectivity index (χ2v) is 9.79. The lowest BCUT2D eigenvalue weighted by Gasteiger charge is -2.21. The molecule has 2 amide bonds. The van der Waals surface area contributed by atoms with E-state index in [1.54, 1.807) is 4.68 Å². The van der Waals surface area contributed by atoms with Crippen LogP contribution in [-0.2, 0) is 48.7 Å². The van der Waals surface area contributed by atoms with E-state index < -0.39 is 15.9 Å². The molecule has 5 N–H and O–H groups in total. The Balaban J connectivity index is 1.44. The molecule has 1 aromatic heterocycles. The lowest BCUT2D eigenvalue weighted by Crippen LogP contribution is -2.34. The van der Waals surface area contributed by atoms with Crippen LogP contribution in [0, 0.1) is 4.78 Å². The van der Waals surface area contributed by atoms with Gasteiger partial charge in [0.2, 0.25) is 5.88 Å². The van der Waals surface area contributed by atoms with Gasteiger partial charge in [0.1, 0.15) is 4.90 Å². The fourth-order valence-electron chi connectivity index (χ4n) is 5.03. The van der Waals surface area contributed by atoms with Crippen molar-refractivity contribution < 1.29 is 13.7 Å². The Morgan fingerprint density at radius 1 is 1.17 bits per heavy atom. The lowest BCUT2D eigenvalue weighted by atomic mass is 9.92. The van der Waals surface area contributed by atoms with E-state index in [1.807, 2.05) is 0 Å². The normalized spacial score (nSPS) is 18.7. The predicted molar refractivity (Wildman–Crippen MR) is 112 cm³/mol. The quantitative estimate of drug-likeness (QED) is 0.590. The Hall–Kier alpha value is -2.59. The number of carbonyl (C=O) groups excluding carboxylic acids is 1. The van der Waals surface area contributed by atoms with Crippen LogP contribution >= 0.6 is 0 Å². The predicted octanol–water partition coefficient (Wildman–Crippen LogP) is 2.24. The first-order chi connectivity index (χ1) is 14.5. The van der Waals surface area contributed by atoms with Crippen molar-refractivity contribution in [3.05, 3.63) is 34.0 Å². The SMILES string of the molecule is N=S(=O)(NC(=O)Nc1c2c(c(CN)c3c1CCC3)CCC2)c1cnn2c1OCCC2. The lowest BCUT2D eigenvalue weighted by molar-refractivity contribution is 0.224. The molecule has 5 rings (SSSR count). The average Bonchev–Trinajstić information content (AvgIpc) is 3.46. The number of nitrogens with one attached hydrogen (secondary N) is 3. The fourth-order valence-corrected chi connectivity index (χ4v) is 6.06. The van der Waals surface area contributed by atoms with Gasteiger partial charge in [-0.3, -0.25) is 0 Å². The highest BCUT2D eigenvalue weighted by Crippen LogP contribution is 2.41. The van der Waals surface area contributed by atoms with Gasteiger partial charge in [0.05, 0.1) is 12.8 Å². The number of anilines is 1. The summed E-state index contributed by atoms with van der Waals surface area (Å²) in [5.74, 6) is 0.302. The largest absolute Gasteiger partial charge is 0.477 e. The van der Waals surface area contributed by atoms with Crippen LogP contribution in [0.4, 0.5) is 10.5 Å². The van der Waals surface area contributed by atoms with Crippen LogP contribution in [0.2, 0.25) is 0 Å². The molecule has 1 aromatic carbocycles. The highest BCUT2D eigenvalue weighted by molar-refractivity contribution is 7.91. The Morgan fingerprint density at radius 2 is 1.83 bits per heavy atom. The molecule has 1 unspecified atom stereocenters. The zero-order valence-corrected chi connectivity index (χ0v) is 17.6. The van der Waals surface area contributed by atoms with Crippen LogP contribution < -0.4 is 20.5 Å². The van der Waals surface area contributed by atoms with Crippen LogP contribution in [0.15, 0.2) is 11.1 Å². The molecule has 2 heterocycles. The first kappa shape index (κ1) is 19.4. The van der Waals surface area contributed by atoms with Gasteiger partial charge in [-0.15, -0.1) is 0 Å². The molecule has 30 heavy (non-hydrogen) atoms. The molecule has 0 fully saturated rings. The maximum absolute atomic E-state index is 13.0. The van der Waals surface area contributed by atoms with E-state index in [9.17, 15) is 9.00 Å². The van der Waals surface area contributed by atoms with E-state index in [0.717, 1.165) is 61.8 Å². The highest BCUT2D eigenvalue weighted by atomic mass is 32.2. The fraction of sp³-hybridized carbons (Fsp3) is 0.500. The Labute approximate surface area is 175 Å². The van der Waals surface area contributed by atoms with E-state index in [2.05, 4.69) is 15.1 Å². The van der Waals surface area contributed by atoms with Gasteiger partial charge in [-0.05, 0) is 66.3 Å². The minimum atomic E-state index is -3.61. The van der Waals surface area contributed by atoms with Crippen molar-refractivity contribution in [3.8, 4) is 5.88 Å². The first-order valence-corrected chi connectivity index (χ1v) is 12.0. The van der Waals surface area contributed by atoms with Gasteiger partial charge in [-0.2, -0.15) is 5.10 Å². The number of fused-ring (bicyclic) bond motifs is 3. The zero-order chi connectivity index (χ0) is 20.9. The number of rotatable bonds is 4. The number of carbonyl (C=O) groups is 1. The summed E-state index contributed by atoms with van der Waals surface area (Å²) in [6.45, 7) is 1.64. The van der Waals surface area contributed by atoms with E-state index >= 15 is 0 Å². The Kier molecular flexibility index (Phi) is 4.70. The standard InChI is InChI=1S/C20H26N6O3S/c21-10-16-12-4-1-6-14(12)18(15-7-2-5-13(15)16)24-20(27)25-30(22,28)17-11-23-26-8-3-9-29-19(17)26/h11H,1-10,21H2,(H3,22,24,25,27,28). The molecule has 0 bridgehead atoms. The number of benzene rings is 1. The van der Waals surface area contributed by atoms with E-state index in [0.29, 0.717) is 25.6 Å². The number of aryl methyl sites for hydroxylation is 1. The van der Waals surface area contributed by atoms with Crippen molar-refractivity contribution in [1.82, 2.24) is 14.5 Å². The molecular formula is C20H26N6O3S. The van der Waals surface area contributed by atoms with E-state index in [4.69, 9.17) is 15.3 Å². The molecule has 3 aliphatic rings. The molecule has 0 saturated heterocycles. The molecule has 1 aliphatic heterocycles. The topological polar surface area (TPSA) is 135 Å². The summed E-state index contributed by atoms with van der Waals surface area (Å²) in [7, 11) is -3.61. The maximum Gasteiger partial charge on any atom is 0.331 e. The monoisotopic (exact) mass is 430 g/mol. The summed E-state index contributed by atoms with van der Waals surface area (Å²) >= 11 is 0. The molecular weight excluding hydrogens is 404 g/mol. The first-order valence-electron chi connectivity index (χ1n) is 10.4. The van der Waals surface area contributed by atoms with E-state index in [1.165, 1.54) is 22.9 Å². The number of hydrogen-bond acceptors (Lipinski definition) is 6. The minimum Gasteiger partial charge on any atom is -0.477 e. The van der Waals surface area contributed by atoms with Crippen molar-refractivity contribution in [2.45, 2.75) is 62.9 Å². The van der Waals surface area contributed by atoms with Crippen molar-refractivity contribution in [2.75, 3.05) is 11.9 Å². The maximum atomic E-state index is 13.0. The van der Waals surface area contributed by atoms with Gasteiger partial charge < -0.3 is 15.8 Å². The number of ether oxygens (including phenoxy) is 1. The van der Waals surface area contributed by atoms with Crippen molar-refractivity contribution in [1.29, 1.82) is 4.78 Å². The number of urea groups is 1. The number of aromatic nitrogens is 2. The molecule has 0 radical (unpaired) electrons. The number of nitrogens with two attached hydrogens (primary N) is 1. The third-order valence-electron chi connectivity index (χ3n) is 6.27. The summed E-state index contributed by atoms with van der Waals surface area (Å²) in [6.07, 6.45) is 7.96. The molecule has 2 aromatic rings. The third kappa shape index (κ3) is 3.05. The molecule has 10 heteroatoms. The second kappa shape index (κ2) is 7.28. The van der Waals surface area contributed by atoms with Gasteiger partial charge in [0.15, 0.2) is 9.92 Å². The summed E-state index contributed by atoms with van der Waals surface area (Å²) in [4.78, 5) is 12.9. The highest BCUT2D eigenvalue weighted by Gasteiger charge is 2.30. The summed E-state index contributed by atoms with van der Waals surface area (Å²) in [5.41, 5.74) is 13.0. The second-order valence-electron chi connectivity index (χ2n) is 8.03. The smallest absolute Gasteiger partial charge is 0.331 e. The molecule has 2 aliphatic carbocycles. The summed E-state index contributed by atoms with van der Waals surface area (Å²) in [6, 6.07) is -0.644. The zero-order valence-electron chi connectivity index (χ0n) is 16.8. The molecule has 0 spiro atoms. The number of hydrogen-bond donors (Lipinski definition) is 4. The number of amides is 2. The van der Waals surface area contributed by atoms with Gasteiger partial charge in [-0.25, -0.2) is 23.2 Å². The Bertz CT molecular complexity index is 1100. The van der Waals surface area contributed by atoms with Crippen molar-refractivity contribution in [2.24, 2.45) is 5.73 Å². The third-order valence-corrected chi connectivity index (χ3v) is 7.64. The van der Waals surface area contributed by atoms with Crippen LogP contribution in [0.5, 0.6) is 5.88 Å². The van der Waals surface area contributed by atoms with Crippen molar-refractivity contribution in [3.63, 3.8) is 0 Å².